The highest BCUT2D eigenvalue weighted by atomic mass is 16.5. The number of ether oxygens (including phenoxy) is 1. The lowest BCUT2D eigenvalue weighted by atomic mass is 10.2. The summed E-state index contributed by atoms with van der Waals surface area (Å²) in [5, 5.41) is 8.88. The van der Waals surface area contributed by atoms with E-state index in [-0.39, 0.29) is 0 Å². The highest BCUT2D eigenvalue weighted by Gasteiger charge is 2.12. The summed E-state index contributed by atoms with van der Waals surface area (Å²) < 4.78 is 7.33. The highest BCUT2D eigenvalue weighted by molar-refractivity contribution is 5.77. The maximum Gasteiger partial charge on any atom is 0.124 e. The SMILES string of the molecule is COc1ccc2c(c1)nc(CC#N)n2CC(C)C. The third-order valence-electron chi connectivity index (χ3n) is 2.82. The van der Waals surface area contributed by atoms with E-state index in [2.05, 4.69) is 29.5 Å². The number of fused-ring (bicyclic) bond motifs is 1. The third-order valence-corrected chi connectivity index (χ3v) is 2.82. The van der Waals surface area contributed by atoms with E-state index in [1.807, 2.05) is 18.2 Å². The molecular formula is C14H17N3O. The summed E-state index contributed by atoms with van der Waals surface area (Å²) in [5.74, 6) is 2.14. The zero-order valence-electron chi connectivity index (χ0n) is 11.0. The van der Waals surface area contributed by atoms with E-state index < -0.39 is 0 Å². The topological polar surface area (TPSA) is 50.8 Å². The molecule has 0 atom stereocenters. The standard InChI is InChI=1S/C14H17N3O/c1-10(2)9-17-13-5-4-11(18-3)8-12(13)16-14(17)6-7-15/h4-5,8,10H,6,9H2,1-3H3. The second kappa shape index (κ2) is 5.09. The van der Waals surface area contributed by atoms with Crippen molar-refractivity contribution < 1.29 is 4.74 Å². The van der Waals surface area contributed by atoms with Gasteiger partial charge in [0.25, 0.3) is 0 Å². The number of methoxy groups -OCH3 is 1. The van der Waals surface area contributed by atoms with Gasteiger partial charge in [0.2, 0.25) is 0 Å². The van der Waals surface area contributed by atoms with E-state index >= 15 is 0 Å². The maximum absolute atomic E-state index is 8.88. The van der Waals surface area contributed by atoms with Crippen molar-refractivity contribution in [2.75, 3.05) is 7.11 Å². The molecule has 0 N–H and O–H groups in total. The van der Waals surface area contributed by atoms with Crippen molar-refractivity contribution in [3.8, 4) is 11.8 Å². The van der Waals surface area contributed by atoms with Crippen molar-refractivity contribution in [1.82, 2.24) is 9.55 Å². The minimum absolute atomic E-state index is 0.337. The Morgan fingerprint density at radius 1 is 1.44 bits per heavy atom. The summed E-state index contributed by atoms with van der Waals surface area (Å²) in [7, 11) is 1.64. The number of nitrogens with zero attached hydrogens (tertiary/aromatic N) is 3. The van der Waals surface area contributed by atoms with Gasteiger partial charge < -0.3 is 9.30 Å². The molecular weight excluding hydrogens is 226 g/mol. The Morgan fingerprint density at radius 2 is 2.22 bits per heavy atom. The van der Waals surface area contributed by atoms with Crippen molar-refractivity contribution in [3.05, 3.63) is 24.0 Å². The van der Waals surface area contributed by atoms with Gasteiger partial charge in [-0.05, 0) is 18.1 Å². The van der Waals surface area contributed by atoms with E-state index in [4.69, 9.17) is 10.00 Å². The first kappa shape index (κ1) is 12.4. The van der Waals surface area contributed by atoms with Crippen LogP contribution in [-0.4, -0.2) is 16.7 Å². The largest absolute Gasteiger partial charge is 0.497 e. The summed E-state index contributed by atoms with van der Waals surface area (Å²) in [6.45, 7) is 5.19. The molecule has 94 valence electrons. The summed E-state index contributed by atoms with van der Waals surface area (Å²) in [6, 6.07) is 8.01. The first-order valence-corrected chi connectivity index (χ1v) is 6.05. The van der Waals surface area contributed by atoms with Crippen molar-refractivity contribution >= 4 is 11.0 Å². The van der Waals surface area contributed by atoms with Crippen LogP contribution in [0.5, 0.6) is 5.75 Å². The Kier molecular flexibility index (Phi) is 3.52. The Bertz CT molecular complexity index is 593. The maximum atomic E-state index is 8.88. The van der Waals surface area contributed by atoms with Crippen LogP contribution in [0.3, 0.4) is 0 Å². The van der Waals surface area contributed by atoms with Crippen LogP contribution in [0.4, 0.5) is 0 Å². The predicted octanol–water partition coefficient (Wildman–Crippen LogP) is 2.77. The van der Waals surface area contributed by atoms with Crippen LogP contribution >= 0.6 is 0 Å². The smallest absolute Gasteiger partial charge is 0.124 e. The van der Waals surface area contributed by atoms with Gasteiger partial charge in [-0.1, -0.05) is 13.8 Å². The quantitative estimate of drug-likeness (QED) is 0.829. The molecule has 0 aliphatic heterocycles. The monoisotopic (exact) mass is 243 g/mol. The molecule has 0 spiro atoms. The molecule has 0 radical (unpaired) electrons. The lowest BCUT2D eigenvalue weighted by Gasteiger charge is -2.10. The van der Waals surface area contributed by atoms with Crippen molar-refractivity contribution in [1.29, 1.82) is 5.26 Å². The Labute approximate surface area is 107 Å². The molecule has 0 unspecified atom stereocenters. The molecule has 4 nitrogen and oxygen atoms in total. The first-order valence-electron chi connectivity index (χ1n) is 6.05. The average molecular weight is 243 g/mol. The van der Waals surface area contributed by atoms with Gasteiger partial charge >= 0.3 is 0 Å². The Balaban J connectivity index is 2.56. The van der Waals surface area contributed by atoms with E-state index in [0.29, 0.717) is 12.3 Å². The number of rotatable bonds is 4. The molecule has 0 fully saturated rings. The molecule has 0 saturated heterocycles. The average Bonchev–Trinajstić information content (AvgIpc) is 2.66. The summed E-state index contributed by atoms with van der Waals surface area (Å²) in [4.78, 5) is 4.52. The van der Waals surface area contributed by atoms with Gasteiger partial charge in [-0.3, -0.25) is 0 Å². The van der Waals surface area contributed by atoms with Crippen LogP contribution in [-0.2, 0) is 13.0 Å². The van der Waals surface area contributed by atoms with Crippen LogP contribution < -0.4 is 4.74 Å². The zero-order chi connectivity index (χ0) is 13.1. The third kappa shape index (κ3) is 2.30. The van der Waals surface area contributed by atoms with Gasteiger partial charge in [0.15, 0.2) is 0 Å². The number of nitriles is 1. The first-order chi connectivity index (χ1) is 8.65. The zero-order valence-corrected chi connectivity index (χ0v) is 11.0. The van der Waals surface area contributed by atoms with Gasteiger partial charge in [-0.15, -0.1) is 0 Å². The summed E-state index contributed by atoms with van der Waals surface area (Å²) in [5.41, 5.74) is 1.95. The molecule has 18 heavy (non-hydrogen) atoms. The number of aromatic nitrogens is 2. The van der Waals surface area contributed by atoms with Crippen LogP contribution in [0.2, 0.25) is 0 Å². The Hall–Kier alpha value is -2.02. The predicted molar refractivity (Wildman–Crippen MR) is 70.4 cm³/mol. The fraction of sp³-hybridized carbons (Fsp3) is 0.429. The van der Waals surface area contributed by atoms with Crippen molar-refractivity contribution in [2.24, 2.45) is 5.92 Å². The van der Waals surface area contributed by atoms with Gasteiger partial charge in [0.05, 0.1) is 30.6 Å². The minimum Gasteiger partial charge on any atom is -0.497 e. The van der Waals surface area contributed by atoms with Crippen LogP contribution in [0.15, 0.2) is 18.2 Å². The van der Waals surface area contributed by atoms with Gasteiger partial charge in [0, 0.05) is 12.6 Å². The molecule has 2 rings (SSSR count). The fourth-order valence-electron chi connectivity index (χ4n) is 2.06. The second-order valence-corrected chi connectivity index (χ2v) is 4.72. The number of hydrogen-bond acceptors (Lipinski definition) is 3. The van der Waals surface area contributed by atoms with Gasteiger partial charge in [-0.2, -0.15) is 5.26 Å². The molecule has 1 heterocycles. The van der Waals surface area contributed by atoms with E-state index in [0.717, 1.165) is 29.2 Å². The number of imidazole rings is 1. The van der Waals surface area contributed by atoms with Crippen molar-refractivity contribution in [3.63, 3.8) is 0 Å². The van der Waals surface area contributed by atoms with Gasteiger partial charge in [-0.25, -0.2) is 4.98 Å². The summed E-state index contributed by atoms with van der Waals surface area (Å²) >= 11 is 0. The van der Waals surface area contributed by atoms with E-state index in [1.54, 1.807) is 7.11 Å². The normalized spacial score (nSPS) is 10.8. The molecule has 2 aromatic rings. The molecule has 4 heteroatoms. The van der Waals surface area contributed by atoms with Crippen LogP contribution in [0.1, 0.15) is 19.7 Å². The molecule has 0 aliphatic carbocycles. The second-order valence-electron chi connectivity index (χ2n) is 4.72. The van der Waals surface area contributed by atoms with Gasteiger partial charge in [0.1, 0.15) is 11.6 Å². The Morgan fingerprint density at radius 3 is 2.83 bits per heavy atom. The highest BCUT2D eigenvalue weighted by Crippen LogP contribution is 2.23. The lowest BCUT2D eigenvalue weighted by Crippen LogP contribution is -2.08. The molecule has 1 aromatic heterocycles. The molecule has 0 bridgehead atoms. The number of hydrogen-bond donors (Lipinski definition) is 0. The molecule has 0 saturated carbocycles. The molecule has 0 amide bonds. The minimum atomic E-state index is 0.337. The van der Waals surface area contributed by atoms with E-state index in [1.165, 1.54) is 0 Å². The summed E-state index contributed by atoms with van der Waals surface area (Å²) in [6.07, 6.45) is 0.337. The fourth-order valence-corrected chi connectivity index (χ4v) is 2.06. The molecule has 0 aliphatic rings. The van der Waals surface area contributed by atoms with Crippen LogP contribution in [0.25, 0.3) is 11.0 Å². The van der Waals surface area contributed by atoms with E-state index in [9.17, 15) is 0 Å². The van der Waals surface area contributed by atoms with Crippen molar-refractivity contribution in [2.45, 2.75) is 26.8 Å². The number of benzene rings is 1. The lowest BCUT2D eigenvalue weighted by molar-refractivity contribution is 0.415. The van der Waals surface area contributed by atoms with Crippen LogP contribution in [0, 0.1) is 17.2 Å². The molecule has 1 aromatic carbocycles.